The number of phenolic OH excluding ortho intramolecular Hbond substituents is 2. The fraction of sp³-hybridized carbons (Fsp3) is 0.192. The maximum atomic E-state index is 13.3. The van der Waals surface area contributed by atoms with Crippen molar-refractivity contribution in [3.05, 3.63) is 72.6 Å². The van der Waals surface area contributed by atoms with Crippen molar-refractivity contribution in [3.8, 4) is 35.1 Å². The zero-order valence-electron chi connectivity index (χ0n) is 19.5. The Kier molecular flexibility index (Phi) is 6.73. The van der Waals surface area contributed by atoms with Gasteiger partial charge in [-0.3, -0.25) is 9.36 Å². The SMILES string of the molecule is CCOc1cc(/C=c2\sc3n(c2=O)C(N)=C(C#N)C(c2ccc(O)c(OCC)c2)C=3C#N)ccc1O. The van der Waals surface area contributed by atoms with Crippen molar-refractivity contribution in [2.45, 2.75) is 19.8 Å². The Labute approximate surface area is 210 Å². The van der Waals surface area contributed by atoms with E-state index in [4.69, 9.17) is 15.2 Å². The summed E-state index contributed by atoms with van der Waals surface area (Å²) in [6.45, 7) is 4.23. The zero-order chi connectivity index (χ0) is 26.0. The van der Waals surface area contributed by atoms with E-state index in [2.05, 4.69) is 12.1 Å². The first-order valence-corrected chi connectivity index (χ1v) is 11.9. The highest BCUT2D eigenvalue weighted by Gasteiger charge is 2.32. The standard InChI is InChI=1S/C26H22N4O5S/c1-3-34-20-9-14(5-7-18(20)31)10-22-25(33)30-24(29)16(12-27)23(17(13-28)26(30)36-22)15-6-8-19(32)21(11-15)35-4-2/h5-11,23,31-32H,3-4,29H2,1-2H3/b22-10-. The molecule has 1 aliphatic heterocycles. The summed E-state index contributed by atoms with van der Waals surface area (Å²) in [7, 11) is 0. The van der Waals surface area contributed by atoms with E-state index in [1.807, 2.05) is 0 Å². The number of nitrogens with two attached hydrogens (primary N) is 1. The molecule has 2 heterocycles. The lowest BCUT2D eigenvalue weighted by molar-refractivity contribution is 0.317. The molecule has 0 bridgehead atoms. The topological polar surface area (TPSA) is 155 Å². The first-order chi connectivity index (χ1) is 17.3. The number of allylic oxidation sites excluding steroid dienone is 1. The minimum Gasteiger partial charge on any atom is -0.504 e. The van der Waals surface area contributed by atoms with Crippen molar-refractivity contribution in [2.24, 2.45) is 5.73 Å². The predicted octanol–water partition coefficient (Wildman–Crippen LogP) is 2.07. The van der Waals surface area contributed by atoms with Gasteiger partial charge in [-0.2, -0.15) is 10.5 Å². The van der Waals surface area contributed by atoms with Crippen molar-refractivity contribution < 1.29 is 19.7 Å². The van der Waals surface area contributed by atoms with Crippen molar-refractivity contribution in [1.29, 1.82) is 10.5 Å². The van der Waals surface area contributed by atoms with E-state index in [1.54, 1.807) is 44.2 Å². The Morgan fingerprint density at radius 3 is 2.25 bits per heavy atom. The summed E-state index contributed by atoms with van der Waals surface area (Å²) in [6, 6.07) is 13.5. The Morgan fingerprint density at radius 2 is 1.64 bits per heavy atom. The van der Waals surface area contributed by atoms with Gasteiger partial charge >= 0.3 is 0 Å². The number of rotatable bonds is 6. The number of hydrogen-bond acceptors (Lipinski definition) is 9. The molecule has 9 nitrogen and oxygen atoms in total. The number of hydrogen-bond donors (Lipinski definition) is 3. The summed E-state index contributed by atoms with van der Waals surface area (Å²) in [4.78, 5) is 13.3. The van der Waals surface area contributed by atoms with Gasteiger partial charge in [-0.05, 0) is 55.3 Å². The molecule has 0 saturated heterocycles. The molecule has 0 amide bonds. The molecule has 1 aromatic heterocycles. The van der Waals surface area contributed by atoms with E-state index in [-0.39, 0.29) is 44.5 Å². The molecule has 4 N–H and O–H groups in total. The third-order valence-electron chi connectivity index (χ3n) is 5.59. The summed E-state index contributed by atoms with van der Waals surface area (Å²) in [6.07, 6.45) is 1.61. The van der Waals surface area contributed by atoms with Crippen LogP contribution in [0.5, 0.6) is 23.0 Å². The minimum absolute atomic E-state index is 0.0229. The van der Waals surface area contributed by atoms with Crippen molar-refractivity contribution >= 4 is 28.8 Å². The minimum atomic E-state index is -0.844. The number of fused-ring (bicyclic) bond motifs is 1. The van der Waals surface area contributed by atoms with Gasteiger partial charge in [-0.15, -0.1) is 11.3 Å². The van der Waals surface area contributed by atoms with Crippen LogP contribution in [0.4, 0.5) is 0 Å². The number of nitriles is 2. The number of nitrogens with zero attached hydrogens (tertiary/aromatic N) is 3. The third-order valence-corrected chi connectivity index (χ3v) is 6.70. The van der Waals surface area contributed by atoms with Crippen LogP contribution < -0.4 is 30.0 Å². The van der Waals surface area contributed by atoms with Crippen LogP contribution >= 0.6 is 11.3 Å². The smallest absolute Gasteiger partial charge is 0.274 e. The largest absolute Gasteiger partial charge is 0.504 e. The summed E-state index contributed by atoms with van der Waals surface area (Å²) in [5, 5.41) is 40.1. The molecule has 3 aromatic rings. The number of aromatic nitrogens is 1. The Morgan fingerprint density at radius 1 is 1.03 bits per heavy atom. The van der Waals surface area contributed by atoms with Gasteiger partial charge < -0.3 is 25.4 Å². The lowest BCUT2D eigenvalue weighted by atomic mass is 9.84. The fourth-order valence-corrected chi connectivity index (χ4v) is 5.14. The quantitative estimate of drug-likeness (QED) is 0.463. The number of benzene rings is 2. The first-order valence-electron chi connectivity index (χ1n) is 11.0. The lowest BCUT2D eigenvalue weighted by Crippen LogP contribution is -2.38. The molecule has 1 aliphatic rings. The summed E-state index contributed by atoms with van der Waals surface area (Å²) in [5.41, 5.74) is 7.19. The summed E-state index contributed by atoms with van der Waals surface area (Å²) in [5.74, 6) is -0.515. The summed E-state index contributed by atoms with van der Waals surface area (Å²) >= 11 is 1.07. The van der Waals surface area contributed by atoms with Crippen LogP contribution in [-0.4, -0.2) is 28.0 Å². The van der Waals surface area contributed by atoms with Crippen molar-refractivity contribution in [3.63, 3.8) is 0 Å². The number of ether oxygens (including phenoxy) is 2. The highest BCUT2D eigenvalue weighted by Crippen LogP contribution is 2.39. The monoisotopic (exact) mass is 502 g/mol. The Hall–Kier alpha value is -4.67. The molecule has 0 spiro atoms. The molecule has 0 aliphatic carbocycles. The molecule has 0 saturated carbocycles. The van der Waals surface area contributed by atoms with Crippen LogP contribution in [-0.2, 0) is 0 Å². The van der Waals surface area contributed by atoms with Gasteiger partial charge in [0.1, 0.15) is 10.5 Å². The molecule has 2 aromatic carbocycles. The highest BCUT2D eigenvalue weighted by molar-refractivity contribution is 7.07. The highest BCUT2D eigenvalue weighted by atomic mass is 32.1. The molecular weight excluding hydrogens is 480 g/mol. The van der Waals surface area contributed by atoms with E-state index in [1.165, 1.54) is 16.7 Å². The van der Waals surface area contributed by atoms with Gasteiger partial charge in [0.15, 0.2) is 23.0 Å². The second-order valence-electron chi connectivity index (χ2n) is 7.75. The molecule has 1 atom stereocenters. The van der Waals surface area contributed by atoms with Crippen LogP contribution in [0.2, 0.25) is 0 Å². The van der Waals surface area contributed by atoms with Gasteiger partial charge in [0.05, 0.1) is 46.9 Å². The van der Waals surface area contributed by atoms with Crippen LogP contribution in [0, 0.1) is 22.7 Å². The third kappa shape index (κ3) is 4.15. The molecule has 182 valence electrons. The van der Waals surface area contributed by atoms with Crippen LogP contribution in [0.15, 0.2) is 46.8 Å². The summed E-state index contributed by atoms with van der Waals surface area (Å²) < 4.78 is 12.7. The van der Waals surface area contributed by atoms with E-state index in [0.717, 1.165) is 11.3 Å². The van der Waals surface area contributed by atoms with Gasteiger partial charge in [-0.1, -0.05) is 12.1 Å². The second kappa shape index (κ2) is 9.90. The molecule has 36 heavy (non-hydrogen) atoms. The van der Waals surface area contributed by atoms with Crippen LogP contribution in [0.1, 0.15) is 30.9 Å². The Balaban J connectivity index is 1.98. The molecular formula is C26H22N4O5S. The predicted molar refractivity (Wildman–Crippen MR) is 135 cm³/mol. The maximum Gasteiger partial charge on any atom is 0.274 e. The first kappa shape index (κ1) is 24.5. The van der Waals surface area contributed by atoms with E-state index >= 15 is 0 Å². The molecule has 0 fully saturated rings. The van der Waals surface area contributed by atoms with Gasteiger partial charge in [0, 0.05) is 0 Å². The molecule has 0 radical (unpaired) electrons. The number of thiazole rings is 1. The van der Waals surface area contributed by atoms with E-state index in [0.29, 0.717) is 29.0 Å². The van der Waals surface area contributed by atoms with Gasteiger partial charge in [0.2, 0.25) is 0 Å². The maximum absolute atomic E-state index is 13.3. The Bertz CT molecular complexity index is 1650. The number of aromatic hydroxyl groups is 2. The van der Waals surface area contributed by atoms with Crippen LogP contribution in [0.25, 0.3) is 17.5 Å². The normalized spacial score (nSPS) is 15.3. The van der Waals surface area contributed by atoms with Crippen LogP contribution in [0.3, 0.4) is 0 Å². The van der Waals surface area contributed by atoms with E-state index in [9.17, 15) is 25.5 Å². The van der Waals surface area contributed by atoms with Gasteiger partial charge in [-0.25, -0.2) is 0 Å². The lowest BCUT2D eigenvalue weighted by Gasteiger charge is -2.22. The zero-order valence-corrected chi connectivity index (χ0v) is 20.3. The molecule has 4 rings (SSSR count). The van der Waals surface area contributed by atoms with Gasteiger partial charge in [0.25, 0.3) is 5.56 Å². The molecule has 1 unspecified atom stereocenters. The second-order valence-corrected chi connectivity index (χ2v) is 8.78. The fourth-order valence-electron chi connectivity index (χ4n) is 4.01. The average molecular weight is 503 g/mol. The van der Waals surface area contributed by atoms with Crippen molar-refractivity contribution in [1.82, 2.24) is 4.57 Å². The average Bonchev–Trinajstić information content (AvgIpc) is 3.18. The molecule has 10 heteroatoms. The van der Waals surface area contributed by atoms with Crippen molar-refractivity contribution in [2.75, 3.05) is 13.2 Å². The van der Waals surface area contributed by atoms with E-state index < -0.39 is 11.5 Å². The number of phenols is 2.